The molecule has 1 fully saturated rings. The fourth-order valence-corrected chi connectivity index (χ4v) is 4.99. The Morgan fingerprint density at radius 3 is 2.75 bits per heavy atom. The zero-order valence-corrected chi connectivity index (χ0v) is 12.7. The molecule has 1 amide bonds. The lowest BCUT2D eigenvalue weighted by Crippen LogP contribution is -2.47. The molecular formula is C12H17N3O3S2. The second-order valence-electron chi connectivity index (χ2n) is 4.69. The van der Waals surface area contributed by atoms with E-state index in [1.54, 1.807) is 28.8 Å². The molecule has 1 aliphatic heterocycles. The molecule has 1 aromatic carbocycles. The maximum Gasteiger partial charge on any atom is 0.248 e. The summed E-state index contributed by atoms with van der Waals surface area (Å²) in [6.07, 6.45) is 1.21. The molecular weight excluding hydrogens is 298 g/mol. The van der Waals surface area contributed by atoms with E-state index in [-0.39, 0.29) is 0 Å². The molecule has 0 aromatic heterocycles. The highest BCUT2D eigenvalue weighted by molar-refractivity contribution is 8.01. The maximum atomic E-state index is 11.9. The maximum absolute atomic E-state index is 11.9. The molecule has 1 atom stereocenters. The molecule has 0 saturated carbocycles. The van der Waals surface area contributed by atoms with Crippen molar-refractivity contribution in [2.24, 2.45) is 5.73 Å². The van der Waals surface area contributed by atoms with E-state index in [0.717, 1.165) is 5.75 Å². The Morgan fingerprint density at radius 1 is 1.45 bits per heavy atom. The summed E-state index contributed by atoms with van der Waals surface area (Å²) in [5.41, 5.74) is 12.5. The van der Waals surface area contributed by atoms with Crippen LogP contribution in [0.1, 0.15) is 10.4 Å². The van der Waals surface area contributed by atoms with Gasteiger partial charge in [-0.2, -0.15) is 11.8 Å². The first-order valence-corrected chi connectivity index (χ1v) is 9.14. The zero-order valence-electron chi connectivity index (χ0n) is 11.1. The Kier molecular flexibility index (Phi) is 4.14. The summed E-state index contributed by atoms with van der Waals surface area (Å²) in [4.78, 5) is 13.0. The highest BCUT2D eigenvalue weighted by atomic mass is 32.2. The van der Waals surface area contributed by atoms with Crippen molar-refractivity contribution in [2.75, 3.05) is 34.9 Å². The third kappa shape index (κ3) is 3.01. The van der Waals surface area contributed by atoms with Crippen molar-refractivity contribution in [3.63, 3.8) is 0 Å². The Labute approximate surface area is 122 Å². The second-order valence-corrected chi connectivity index (χ2v) is 8.04. The SMILES string of the molecule is CS(=O)(=O)C1CSCCN1c1cc(C(N)=O)ccc1N. The summed E-state index contributed by atoms with van der Waals surface area (Å²) < 4.78 is 23.8. The molecule has 6 nitrogen and oxygen atoms in total. The van der Waals surface area contributed by atoms with Crippen LogP contribution in [0.25, 0.3) is 0 Å². The molecule has 4 N–H and O–H groups in total. The number of sulfone groups is 1. The van der Waals surface area contributed by atoms with E-state index in [1.165, 1.54) is 12.3 Å². The fraction of sp³-hybridized carbons (Fsp3) is 0.417. The van der Waals surface area contributed by atoms with Crippen LogP contribution in [0.2, 0.25) is 0 Å². The van der Waals surface area contributed by atoms with Crippen LogP contribution in [0.4, 0.5) is 11.4 Å². The van der Waals surface area contributed by atoms with Crippen LogP contribution < -0.4 is 16.4 Å². The molecule has 1 heterocycles. The number of hydrogen-bond acceptors (Lipinski definition) is 6. The van der Waals surface area contributed by atoms with Crippen molar-refractivity contribution in [2.45, 2.75) is 5.37 Å². The van der Waals surface area contributed by atoms with Gasteiger partial charge in [-0.25, -0.2) is 8.42 Å². The monoisotopic (exact) mass is 315 g/mol. The van der Waals surface area contributed by atoms with E-state index in [2.05, 4.69) is 0 Å². The predicted molar refractivity (Wildman–Crippen MR) is 82.7 cm³/mol. The number of nitrogen functional groups attached to an aromatic ring is 1. The van der Waals surface area contributed by atoms with Gasteiger partial charge < -0.3 is 16.4 Å². The number of benzene rings is 1. The average molecular weight is 315 g/mol. The molecule has 0 aliphatic carbocycles. The molecule has 1 saturated heterocycles. The average Bonchev–Trinajstić information content (AvgIpc) is 2.38. The van der Waals surface area contributed by atoms with Crippen LogP contribution in [0.3, 0.4) is 0 Å². The number of anilines is 2. The van der Waals surface area contributed by atoms with Crippen molar-refractivity contribution in [3.05, 3.63) is 23.8 Å². The molecule has 0 radical (unpaired) electrons. The number of carbonyl (C=O) groups is 1. The van der Waals surface area contributed by atoms with Gasteiger partial charge in [-0.3, -0.25) is 4.79 Å². The Bertz CT molecular complexity index is 631. The minimum absolute atomic E-state index is 0.319. The molecule has 110 valence electrons. The molecule has 1 unspecified atom stereocenters. The number of nitrogens with two attached hydrogens (primary N) is 2. The number of hydrogen-bond donors (Lipinski definition) is 2. The van der Waals surface area contributed by atoms with Crippen LogP contribution >= 0.6 is 11.8 Å². The number of amides is 1. The number of thioether (sulfide) groups is 1. The minimum atomic E-state index is -3.24. The molecule has 20 heavy (non-hydrogen) atoms. The van der Waals surface area contributed by atoms with Crippen LogP contribution in [0.5, 0.6) is 0 Å². The minimum Gasteiger partial charge on any atom is -0.397 e. The molecule has 2 rings (SSSR count). The third-order valence-electron chi connectivity index (χ3n) is 3.20. The largest absolute Gasteiger partial charge is 0.397 e. The summed E-state index contributed by atoms with van der Waals surface area (Å²) >= 11 is 1.59. The standard InChI is InChI=1S/C12H17N3O3S2/c1-20(17,18)11-7-19-5-4-15(11)10-6-8(12(14)16)2-3-9(10)13/h2-3,6,11H,4-5,7,13H2,1H3,(H2,14,16). The summed E-state index contributed by atoms with van der Waals surface area (Å²) in [5, 5.41) is -0.633. The van der Waals surface area contributed by atoms with Crippen LogP contribution in [-0.4, -0.2) is 44.0 Å². The Morgan fingerprint density at radius 2 is 2.15 bits per heavy atom. The lowest BCUT2D eigenvalue weighted by molar-refractivity contribution is 0.100. The van der Waals surface area contributed by atoms with Gasteiger partial charge in [0.05, 0.1) is 11.4 Å². The highest BCUT2D eigenvalue weighted by Crippen LogP contribution is 2.31. The normalized spacial score (nSPS) is 19.9. The number of nitrogens with zero attached hydrogens (tertiary/aromatic N) is 1. The van der Waals surface area contributed by atoms with Crippen molar-refractivity contribution in [1.82, 2.24) is 0 Å². The predicted octanol–water partition coefficient (Wildman–Crippen LogP) is 0.292. The van der Waals surface area contributed by atoms with Gasteiger partial charge in [0.2, 0.25) is 5.91 Å². The van der Waals surface area contributed by atoms with Gasteiger partial charge in [-0.05, 0) is 18.2 Å². The lowest BCUT2D eigenvalue weighted by Gasteiger charge is -2.36. The van der Waals surface area contributed by atoms with Gasteiger partial charge >= 0.3 is 0 Å². The second kappa shape index (κ2) is 5.53. The Hall–Kier alpha value is -1.41. The zero-order chi connectivity index (χ0) is 14.9. The number of primary amides is 1. The van der Waals surface area contributed by atoms with E-state index in [9.17, 15) is 13.2 Å². The summed E-state index contributed by atoms with van der Waals surface area (Å²) in [5.74, 6) is 0.735. The van der Waals surface area contributed by atoms with Crippen LogP contribution in [-0.2, 0) is 9.84 Å². The first kappa shape index (κ1) is 15.0. The first-order valence-electron chi connectivity index (χ1n) is 6.03. The third-order valence-corrected chi connectivity index (χ3v) is 5.85. The smallest absolute Gasteiger partial charge is 0.248 e. The van der Waals surface area contributed by atoms with E-state index in [1.807, 2.05) is 0 Å². The van der Waals surface area contributed by atoms with Crippen LogP contribution in [0, 0.1) is 0 Å². The van der Waals surface area contributed by atoms with Gasteiger partial charge in [0.15, 0.2) is 9.84 Å². The number of carbonyl (C=O) groups excluding carboxylic acids is 1. The van der Waals surface area contributed by atoms with Crippen molar-refractivity contribution < 1.29 is 13.2 Å². The lowest BCUT2D eigenvalue weighted by atomic mass is 10.1. The van der Waals surface area contributed by atoms with Gasteiger partial charge in [-0.15, -0.1) is 0 Å². The molecule has 0 bridgehead atoms. The quantitative estimate of drug-likeness (QED) is 0.777. The first-order chi connectivity index (χ1) is 9.30. The molecule has 1 aliphatic rings. The van der Waals surface area contributed by atoms with Gasteiger partial charge in [0, 0.05) is 29.9 Å². The van der Waals surface area contributed by atoms with E-state index >= 15 is 0 Å². The molecule has 8 heteroatoms. The van der Waals surface area contributed by atoms with Gasteiger partial charge in [0.1, 0.15) is 5.37 Å². The van der Waals surface area contributed by atoms with Crippen molar-refractivity contribution >= 4 is 38.9 Å². The highest BCUT2D eigenvalue weighted by Gasteiger charge is 2.32. The topological polar surface area (TPSA) is 106 Å². The summed E-state index contributed by atoms with van der Waals surface area (Å²) in [6.45, 7) is 0.564. The van der Waals surface area contributed by atoms with E-state index < -0.39 is 21.1 Å². The summed E-state index contributed by atoms with van der Waals surface area (Å²) in [6, 6.07) is 4.68. The fourth-order valence-electron chi connectivity index (χ4n) is 2.16. The number of rotatable bonds is 3. The van der Waals surface area contributed by atoms with Gasteiger partial charge in [0.25, 0.3) is 0 Å². The van der Waals surface area contributed by atoms with Crippen LogP contribution in [0.15, 0.2) is 18.2 Å². The Balaban J connectivity index is 2.47. The van der Waals surface area contributed by atoms with E-state index in [4.69, 9.17) is 11.5 Å². The molecule has 1 aromatic rings. The van der Waals surface area contributed by atoms with Gasteiger partial charge in [-0.1, -0.05) is 0 Å². The molecule has 0 spiro atoms. The van der Waals surface area contributed by atoms with Crippen molar-refractivity contribution in [3.8, 4) is 0 Å². The van der Waals surface area contributed by atoms with E-state index in [0.29, 0.717) is 29.2 Å². The summed E-state index contributed by atoms with van der Waals surface area (Å²) in [7, 11) is -3.24. The van der Waals surface area contributed by atoms with Crippen molar-refractivity contribution in [1.29, 1.82) is 0 Å².